The van der Waals surface area contributed by atoms with Crippen molar-refractivity contribution in [1.29, 1.82) is 0 Å². The maximum Gasteiger partial charge on any atom is 0.118 e. The van der Waals surface area contributed by atoms with Crippen LogP contribution in [-0.4, -0.2) is 140 Å². The van der Waals surface area contributed by atoms with E-state index in [0.717, 1.165) is 151 Å². The standard InChI is InChI=1S/C17H27NO2.2C16H25NO2.C15H23NO2.ClH/c1-18(2)13-16(17(19)11-5-4-6-12-17)14-7-9-15(20-3)10-8-14;1-17-12-15(16(18)10-4-3-5-11-16)13-6-8-14(19-2)9-7-13;1-17(2)12-15(13-6-8-14(18)9-7-13)16(19)10-4-3-5-11-16;1-18-13-7-5-12(6-8-13)14(11-16)15(17)9-3-2-4-10-15;/h7-10,16,19H,4-6,11-13H2,1-3H3;6-9,15,17-18H,3-5,10-12H2,1-2H3;6-9,15,18-19H,3-5,10-12H2,1-2H3;5-8,14,17H,2-4,9-11,16H2,1H3;1H. The number of phenolic OH excluding ortho intramolecular Hbond substituents is 1. The van der Waals surface area contributed by atoms with Crippen molar-refractivity contribution in [3.63, 3.8) is 0 Å². The van der Waals surface area contributed by atoms with E-state index in [1.807, 2.05) is 81.8 Å². The van der Waals surface area contributed by atoms with Gasteiger partial charge in [-0.25, -0.2) is 0 Å². The van der Waals surface area contributed by atoms with E-state index in [9.17, 15) is 25.5 Å². The molecule has 4 aromatic rings. The first kappa shape index (κ1) is 65.6. The Labute approximate surface area is 470 Å². The molecule has 0 heterocycles. The van der Waals surface area contributed by atoms with Gasteiger partial charge in [0.05, 0.1) is 43.7 Å². The number of benzene rings is 4. The van der Waals surface area contributed by atoms with Crippen molar-refractivity contribution < 1.29 is 39.7 Å². The summed E-state index contributed by atoms with van der Waals surface area (Å²) in [5.41, 5.74) is 8.20. The first-order valence-corrected chi connectivity index (χ1v) is 28.7. The van der Waals surface area contributed by atoms with Crippen molar-refractivity contribution >= 4 is 12.4 Å². The molecule has 4 aromatic carbocycles. The van der Waals surface area contributed by atoms with Crippen LogP contribution in [0, 0.1) is 0 Å². The molecule has 4 unspecified atom stereocenters. The van der Waals surface area contributed by atoms with Crippen molar-refractivity contribution in [3.8, 4) is 23.0 Å². The van der Waals surface area contributed by atoms with E-state index in [4.69, 9.17) is 19.9 Å². The van der Waals surface area contributed by atoms with Crippen molar-refractivity contribution in [2.45, 2.75) is 174 Å². The number of halogens is 1. The Hall–Kier alpha value is -3.95. The quantitative estimate of drug-likeness (QED) is 0.0503. The number of hydrogen-bond donors (Lipinski definition) is 7. The second-order valence-electron chi connectivity index (χ2n) is 23.1. The van der Waals surface area contributed by atoms with Gasteiger partial charge in [-0.15, -0.1) is 12.4 Å². The molecular formula is C64H101ClN4O8. The molecule has 4 atom stereocenters. The molecule has 432 valence electrons. The number of hydrogen-bond acceptors (Lipinski definition) is 12. The zero-order chi connectivity index (χ0) is 55.2. The SMILES string of the molecule is CN(C)CC(c1ccc(O)cc1)C1(O)CCCCC1.CNCC(c1ccc(OC)cc1)C1(O)CCCCC1.COc1ccc(C(CN(C)C)C2(O)CCCCC2)cc1.COc1ccc(C(CN)C2(O)CCCCC2)cc1.Cl. The maximum absolute atomic E-state index is 11.1. The Morgan fingerprint density at radius 3 is 0.935 bits per heavy atom. The van der Waals surface area contributed by atoms with Gasteiger partial charge >= 0.3 is 0 Å². The molecule has 0 amide bonds. The van der Waals surface area contributed by atoms with Crippen LogP contribution in [0.1, 0.15) is 174 Å². The van der Waals surface area contributed by atoms with Crippen LogP contribution in [0.4, 0.5) is 0 Å². The minimum atomic E-state index is -0.623. The molecule has 13 heteroatoms. The lowest BCUT2D eigenvalue weighted by Gasteiger charge is -2.40. The molecule has 4 fully saturated rings. The lowest BCUT2D eigenvalue weighted by Crippen LogP contribution is -2.42. The Kier molecular flexibility index (Phi) is 27.5. The summed E-state index contributed by atoms with van der Waals surface area (Å²) in [5.74, 6) is 3.32. The van der Waals surface area contributed by atoms with Gasteiger partial charge in [-0.1, -0.05) is 126 Å². The number of ether oxygens (including phenoxy) is 3. The summed E-state index contributed by atoms with van der Waals surface area (Å²) in [6.07, 6.45) is 21.0. The van der Waals surface area contributed by atoms with Crippen molar-refractivity contribution in [2.24, 2.45) is 5.73 Å². The van der Waals surface area contributed by atoms with Gasteiger partial charge in [0, 0.05) is 49.9 Å². The number of nitrogens with two attached hydrogens (primary N) is 1. The van der Waals surface area contributed by atoms with Crippen molar-refractivity contribution in [1.82, 2.24) is 15.1 Å². The van der Waals surface area contributed by atoms with Gasteiger partial charge < -0.3 is 60.6 Å². The van der Waals surface area contributed by atoms with E-state index >= 15 is 0 Å². The number of likely N-dealkylation sites (N-methyl/N-ethyl adjacent to an activating group) is 3. The fourth-order valence-corrected chi connectivity index (χ4v) is 12.7. The molecule has 4 saturated carbocycles. The lowest BCUT2D eigenvalue weighted by molar-refractivity contribution is -0.0280. The number of phenols is 1. The molecular weight excluding hydrogens is 988 g/mol. The minimum absolute atomic E-state index is 0. The van der Waals surface area contributed by atoms with Gasteiger partial charge in [-0.2, -0.15) is 0 Å². The summed E-state index contributed by atoms with van der Waals surface area (Å²) in [7, 11) is 15.2. The summed E-state index contributed by atoms with van der Waals surface area (Å²) in [5, 5.41) is 56.5. The number of nitrogens with zero attached hydrogens (tertiary/aromatic N) is 2. The highest BCUT2D eigenvalue weighted by Gasteiger charge is 2.42. The van der Waals surface area contributed by atoms with E-state index in [2.05, 4.69) is 53.5 Å². The Morgan fingerprint density at radius 2 is 0.675 bits per heavy atom. The summed E-state index contributed by atoms with van der Waals surface area (Å²) >= 11 is 0. The summed E-state index contributed by atoms with van der Waals surface area (Å²) in [4.78, 5) is 4.30. The molecule has 77 heavy (non-hydrogen) atoms. The highest BCUT2D eigenvalue weighted by molar-refractivity contribution is 5.85. The highest BCUT2D eigenvalue weighted by Crippen LogP contribution is 2.44. The third-order valence-electron chi connectivity index (χ3n) is 17.1. The summed E-state index contributed by atoms with van der Waals surface area (Å²) in [6, 6.07) is 31.5. The Bertz CT molecular complexity index is 2190. The van der Waals surface area contributed by atoms with Crippen LogP contribution in [0.15, 0.2) is 97.1 Å². The fourth-order valence-electron chi connectivity index (χ4n) is 12.7. The smallest absolute Gasteiger partial charge is 0.118 e. The topological polar surface area (TPSA) is 173 Å². The highest BCUT2D eigenvalue weighted by atomic mass is 35.5. The van der Waals surface area contributed by atoms with Crippen LogP contribution in [-0.2, 0) is 0 Å². The first-order chi connectivity index (χ1) is 36.4. The van der Waals surface area contributed by atoms with Gasteiger partial charge in [-0.3, -0.25) is 0 Å². The average molecular weight is 1090 g/mol. The molecule has 0 aliphatic heterocycles. The van der Waals surface area contributed by atoms with E-state index in [0.29, 0.717) is 6.54 Å². The Balaban J connectivity index is 0.000000221. The Morgan fingerprint density at radius 1 is 0.429 bits per heavy atom. The van der Waals surface area contributed by atoms with Crippen molar-refractivity contribution in [2.75, 3.05) is 82.7 Å². The van der Waals surface area contributed by atoms with Gasteiger partial charge in [0.15, 0.2) is 0 Å². The second-order valence-corrected chi connectivity index (χ2v) is 23.1. The minimum Gasteiger partial charge on any atom is -0.508 e. The normalized spacial score (nSPS) is 19.9. The molecule has 4 aliphatic rings. The number of aromatic hydroxyl groups is 1. The van der Waals surface area contributed by atoms with Crippen LogP contribution in [0.5, 0.6) is 23.0 Å². The number of aliphatic hydroxyl groups is 4. The fraction of sp³-hybridized carbons (Fsp3) is 0.625. The van der Waals surface area contributed by atoms with E-state index in [-0.39, 0.29) is 41.8 Å². The van der Waals surface area contributed by atoms with Gasteiger partial charge in [0.25, 0.3) is 0 Å². The van der Waals surface area contributed by atoms with E-state index in [1.165, 1.54) is 36.8 Å². The molecule has 8 N–H and O–H groups in total. The zero-order valence-corrected chi connectivity index (χ0v) is 49.2. The molecule has 0 radical (unpaired) electrons. The average Bonchev–Trinajstić information content (AvgIpc) is 3.43. The van der Waals surface area contributed by atoms with Crippen LogP contribution in [0.25, 0.3) is 0 Å². The third kappa shape index (κ3) is 19.4. The van der Waals surface area contributed by atoms with Crippen LogP contribution in [0.2, 0.25) is 0 Å². The molecule has 0 bridgehead atoms. The number of nitrogens with one attached hydrogen (secondary N) is 1. The molecule has 0 aromatic heterocycles. The second kappa shape index (κ2) is 32.3. The van der Waals surface area contributed by atoms with Gasteiger partial charge in [-0.05, 0) is 157 Å². The predicted molar refractivity (Wildman–Crippen MR) is 318 cm³/mol. The lowest BCUT2D eigenvalue weighted by atomic mass is 9.72. The molecule has 0 saturated heterocycles. The molecule has 0 spiro atoms. The third-order valence-corrected chi connectivity index (χ3v) is 17.1. The van der Waals surface area contributed by atoms with Crippen molar-refractivity contribution in [3.05, 3.63) is 119 Å². The number of methoxy groups -OCH3 is 3. The van der Waals surface area contributed by atoms with Gasteiger partial charge in [0.1, 0.15) is 23.0 Å². The molecule has 4 aliphatic carbocycles. The van der Waals surface area contributed by atoms with Crippen LogP contribution in [0.3, 0.4) is 0 Å². The van der Waals surface area contributed by atoms with E-state index < -0.39 is 22.4 Å². The molecule has 12 nitrogen and oxygen atoms in total. The maximum atomic E-state index is 11.1. The summed E-state index contributed by atoms with van der Waals surface area (Å²) in [6.45, 7) is 3.01. The van der Waals surface area contributed by atoms with Crippen LogP contribution < -0.4 is 25.3 Å². The zero-order valence-electron chi connectivity index (χ0n) is 48.4. The summed E-state index contributed by atoms with van der Waals surface area (Å²) < 4.78 is 15.6. The van der Waals surface area contributed by atoms with Crippen LogP contribution >= 0.6 is 12.4 Å². The number of rotatable bonds is 18. The van der Waals surface area contributed by atoms with E-state index in [1.54, 1.807) is 33.5 Å². The predicted octanol–water partition coefficient (Wildman–Crippen LogP) is 11.3. The first-order valence-electron chi connectivity index (χ1n) is 28.7. The van der Waals surface area contributed by atoms with Gasteiger partial charge in [0.2, 0.25) is 0 Å². The molecule has 8 rings (SSSR count). The monoisotopic (exact) mass is 1090 g/mol. The largest absolute Gasteiger partial charge is 0.508 e.